The summed E-state index contributed by atoms with van der Waals surface area (Å²) in [5.74, 6) is 0.586. The fourth-order valence-corrected chi connectivity index (χ4v) is 5.00. The molecule has 2 fully saturated rings. The van der Waals surface area contributed by atoms with Crippen LogP contribution < -0.4 is 10.0 Å². The zero-order valence-corrected chi connectivity index (χ0v) is 16.6. The molecule has 7 heteroatoms. The lowest BCUT2D eigenvalue weighted by atomic mass is 10.0. The molecule has 1 atom stereocenters. The van der Waals surface area contributed by atoms with E-state index in [1.54, 1.807) is 12.1 Å². The summed E-state index contributed by atoms with van der Waals surface area (Å²) in [5, 5.41) is 2.90. The molecule has 27 heavy (non-hydrogen) atoms. The lowest BCUT2D eigenvalue weighted by Gasteiger charge is -2.12. The SMILES string of the molecule is O=C(NCCCC1CCCC1)c1cccc(S(=O)(=O)NCC2CCCO2)c1. The molecule has 3 rings (SSSR count). The molecular formula is C20H30N2O4S. The summed E-state index contributed by atoms with van der Waals surface area (Å²) in [7, 11) is -3.65. The van der Waals surface area contributed by atoms with E-state index < -0.39 is 10.0 Å². The molecule has 1 unspecified atom stereocenters. The molecule has 6 nitrogen and oxygen atoms in total. The average Bonchev–Trinajstić information content (AvgIpc) is 3.37. The van der Waals surface area contributed by atoms with Crippen LogP contribution in [0.1, 0.15) is 61.7 Å². The molecule has 1 saturated carbocycles. The number of rotatable bonds is 9. The lowest BCUT2D eigenvalue weighted by Crippen LogP contribution is -2.32. The third-order valence-corrected chi connectivity index (χ3v) is 6.90. The highest BCUT2D eigenvalue weighted by Gasteiger charge is 2.21. The second kappa shape index (κ2) is 9.66. The summed E-state index contributed by atoms with van der Waals surface area (Å²) < 4.78 is 33.0. The summed E-state index contributed by atoms with van der Waals surface area (Å²) in [4.78, 5) is 12.5. The van der Waals surface area contributed by atoms with E-state index in [0.717, 1.165) is 31.6 Å². The van der Waals surface area contributed by atoms with Gasteiger partial charge in [0, 0.05) is 25.3 Å². The van der Waals surface area contributed by atoms with E-state index in [1.807, 2.05) is 0 Å². The molecule has 1 aromatic rings. The Hall–Kier alpha value is -1.44. The van der Waals surface area contributed by atoms with Crippen molar-refractivity contribution in [2.24, 2.45) is 5.92 Å². The first kappa shape index (κ1) is 20.3. The number of sulfonamides is 1. The van der Waals surface area contributed by atoms with Crippen LogP contribution in [0.5, 0.6) is 0 Å². The van der Waals surface area contributed by atoms with Crippen molar-refractivity contribution in [1.29, 1.82) is 0 Å². The fraction of sp³-hybridized carbons (Fsp3) is 0.650. The predicted molar refractivity (Wildman–Crippen MR) is 104 cm³/mol. The zero-order chi connectivity index (χ0) is 19.1. The number of nitrogens with one attached hydrogen (secondary N) is 2. The van der Waals surface area contributed by atoms with Crippen LogP contribution in [0, 0.1) is 5.92 Å². The maximum Gasteiger partial charge on any atom is 0.251 e. The molecule has 0 spiro atoms. The summed E-state index contributed by atoms with van der Waals surface area (Å²) in [5.41, 5.74) is 0.371. The monoisotopic (exact) mass is 394 g/mol. The predicted octanol–water partition coefficient (Wildman–Crippen LogP) is 2.84. The molecule has 1 amide bonds. The van der Waals surface area contributed by atoms with Gasteiger partial charge in [-0.1, -0.05) is 31.7 Å². The molecule has 2 aliphatic rings. The normalized spacial score (nSPS) is 20.8. The van der Waals surface area contributed by atoms with Crippen molar-refractivity contribution in [2.45, 2.75) is 62.4 Å². The minimum Gasteiger partial charge on any atom is -0.377 e. The largest absolute Gasteiger partial charge is 0.377 e. The minimum absolute atomic E-state index is 0.0638. The summed E-state index contributed by atoms with van der Waals surface area (Å²) >= 11 is 0. The Morgan fingerprint density at radius 3 is 2.70 bits per heavy atom. The molecule has 2 N–H and O–H groups in total. The molecule has 1 aromatic carbocycles. The maximum atomic E-state index is 12.5. The van der Waals surface area contributed by atoms with Crippen molar-refractivity contribution >= 4 is 15.9 Å². The number of carbonyl (C=O) groups is 1. The van der Waals surface area contributed by atoms with Gasteiger partial charge in [-0.15, -0.1) is 0 Å². The second-order valence-corrected chi connectivity index (χ2v) is 9.33. The van der Waals surface area contributed by atoms with Crippen LogP contribution in [-0.2, 0) is 14.8 Å². The van der Waals surface area contributed by atoms with E-state index in [0.29, 0.717) is 18.7 Å². The Morgan fingerprint density at radius 2 is 1.96 bits per heavy atom. The quantitative estimate of drug-likeness (QED) is 0.631. The first-order valence-electron chi connectivity index (χ1n) is 10.0. The maximum absolute atomic E-state index is 12.5. The van der Waals surface area contributed by atoms with Crippen LogP contribution in [-0.4, -0.2) is 40.1 Å². The van der Waals surface area contributed by atoms with Crippen LogP contribution in [0.15, 0.2) is 29.2 Å². The number of carbonyl (C=O) groups excluding carboxylic acids is 1. The Balaban J connectivity index is 1.49. The Labute approximate surface area is 162 Å². The third-order valence-electron chi connectivity index (χ3n) is 5.48. The number of hydrogen-bond acceptors (Lipinski definition) is 4. The standard InChI is InChI=1S/C20H30N2O4S/c23-20(21-12-4-8-16-6-1-2-7-16)17-9-3-11-19(14-17)27(24,25)22-15-18-10-5-13-26-18/h3,9,11,14,16,18,22H,1-2,4-8,10,12-13,15H2,(H,21,23). The van der Waals surface area contributed by atoms with Crippen LogP contribution in [0.4, 0.5) is 0 Å². The summed E-state index contributed by atoms with van der Waals surface area (Å²) in [6.45, 7) is 1.58. The van der Waals surface area contributed by atoms with Gasteiger partial charge in [-0.25, -0.2) is 13.1 Å². The number of benzene rings is 1. The van der Waals surface area contributed by atoms with E-state index in [1.165, 1.54) is 37.8 Å². The van der Waals surface area contributed by atoms with Gasteiger partial charge < -0.3 is 10.1 Å². The van der Waals surface area contributed by atoms with Crippen molar-refractivity contribution in [3.05, 3.63) is 29.8 Å². The van der Waals surface area contributed by atoms with E-state index in [9.17, 15) is 13.2 Å². The lowest BCUT2D eigenvalue weighted by molar-refractivity contribution is 0.0952. The Kier molecular flexibility index (Phi) is 7.26. The van der Waals surface area contributed by atoms with Gasteiger partial charge in [-0.05, 0) is 49.8 Å². The number of amides is 1. The van der Waals surface area contributed by atoms with E-state index in [2.05, 4.69) is 10.0 Å². The Morgan fingerprint density at radius 1 is 1.15 bits per heavy atom. The van der Waals surface area contributed by atoms with E-state index in [4.69, 9.17) is 4.74 Å². The molecule has 1 aliphatic carbocycles. The van der Waals surface area contributed by atoms with Crippen molar-refractivity contribution in [2.75, 3.05) is 19.7 Å². The van der Waals surface area contributed by atoms with Gasteiger partial charge in [0.25, 0.3) is 5.91 Å². The topological polar surface area (TPSA) is 84.5 Å². The molecule has 150 valence electrons. The van der Waals surface area contributed by atoms with Gasteiger partial charge >= 0.3 is 0 Å². The molecule has 1 saturated heterocycles. The van der Waals surface area contributed by atoms with Gasteiger partial charge in [0.05, 0.1) is 11.0 Å². The number of ether oxygens (including phenoxy) is 1. The van der Waals surface area contributed by atoms with Crippen molar-refractivity contribution < 1.29 is 17.9 Å². The van der Waals surface area contributed by atoms with Gasteiger partial charge in [-0.2, -0.15) is 0 Å². The molecule has 1 heterocycles. The van der Waals surface area contributed by atoms with Crippen molar-refractivity contribution in [3.8, 4) is 0 Å². The number of hydrogen-bond donors (Lipinski definition) is 2. The molecular weight excluding hydrogens is 364 g/mol. The third kappa shape index (κ3) is 6.02. The smallest absolute Gasteiger partial charge is 0.251 e. The van der Waals surface area contributed by atoms with Crippen LogP contribution in [0.3, 0.4) is 0 Å². The molecule has 0 radical (unpaired) electrons. The average molecular weight is 395 g/mol. The summed E-state index contributed by atoms with van der Waals surface area (Å²) in [6.07, 6.45) is 9.18. The van der Waals surface area contributed by atoms with E-state index in [-0.39, 0.29) is 23.5 Å². The Bertz CT molecular complexity index is 723. The summed E-state index contributed by atoms with van der Waals surface area (Å²) in [6, 6.07) is 6.19. The minimum atomic E-state index is -3.65. The van der Waals surface area contributed by atoms with Gasteiger partial charge in [-0.3, -0.25) is 4.79 Å². The first-order valence-corrected chi connectivity index (χ1v) is 11.5. The van der Waals surface area contributed by atoms with E-state index >= 15 is 0 Å². The highest BCUT2D eigenvalue weighted by molar-refractivity contribution is 7.89. The highest BCUT2D eigenvalue weighted by Crippen LogP contribution is 2.28. The van der Waals surface area contributed by atoms with Gasteiger partial charge in [0.2, 0.25) is 10.0 Å². The molecule has 0 aromatic heterocycles. The fourth-order valence-electron chi connectivity index (χ4n) is 3.89. The molecule has 0 bridgehead atoms. The molecule has 1 aliphatic heterocycles. The highest BCUT2D eigenvalue weighted by atomic mass is 32.2. The van der Waals surface area contributed by atoms with Crippen LogP contribution >= 0.6 is 0 Å². The van der Waals surface area contributed by atoms with Crippen LogP contribution in [0.2, 0.25) is 0 Å². The van der Waals surface area contributed by atoms with Crippen LogP contribution in [0.25, 0.3) is 0 Å². The van der Waals surface area contributed by atoms with Gasteiger partial charge in [0.15, 0.2) is 0 Å². The zero-order valence-electron chi connectivity index (χ0n) is 15.8. The first-order chi connectivity index (χ1) is 13.0. The van der Waals surface area contributed by atoms with Crippen molar-refractivity contribution in [1.82, 2.24) is 10.0 Å². The second-order valence-electron chi connectivity index (χ2n) is 7.56. The van der Waals surface area contributed by atoms with Gasteiger partial charge in [0.1, 0.15) is 0 Å². The van der Waals surface area contributed by atoms with Crippen molar-refractivity contribution in [3.63, 3.8) is 0 Å².